The van der Waals surface area contributed by atoms with Crippen molar-refractivity contribution >= 4 is 27.5 Å². The highest BCUT2D eigenvalue weighted by molar-refractivity contribution is 7.86. The van der Waals surface area contributed by atoms with Crippen LogP contribution in [0, 0.1) is 6.92 Å². The zero-order valence-corrected chi connectivity index (χ0v) is 20.3. The SMILES string of the molecule is CCN(CCOC(C)=O)c1cccc(C)c1.Nc1ccc(Oc2ccccc2)c(S(=O)(=O)O)c1. The van der Waals surface area contributed by atoms with Crippen LogP contribution in [0.4, 0.5) is 11.4 Å². The Bertz CT molecular complexity index is 1180. The number of anilines is 2. The topological polar surface area (TPSA) is 119 Å². The lowest BCUT2D eigenvalue weighted by Crippen LogP contribution is -2.27. The van der Waals surface area contributed by atoms with Crippen LogP contribution in [0.15, 0.2) is 77.7 Å². The summed E-state index contributed by atoms with van der Waals surface area (Å²) in [6.07, 6.45) is 0. The number of aryl methyl sites for hydroxylation is 1. The normalized spacial score (nSPS) is 10.6. The summed E-state index contributed by atoms with van der Waals surface area (Å²) in [6.45, 7) is 7.68. The fraction of sp³-hybridized carbons (Fsp3) is 0.240. The van der Waals surface area contributed by atoms with Crippen molar-refractivity contribution in [3.63, 3.8) is 0 Å². The van der Waals surface area contributed by atoms with Crippen molar-refractivity contribution in [1.82, 2.24) is 0 Å². The molecule has 8 nitrogen and oxygen atoms in total. The van der Waals surface area contributed by atoms with E-state index in [1.807, 2.05) is 6.07 Å². The Hall–Kier alpha value is -3.56. The number of nitrogens with zero attached hydrogens (tertiary/aromatic N) is 1. The molecule has 0 aliphatic carbocycles. The molecule has 0 saturated heterocycles. The Morgan fingerprint density at radius 3 is 2.32 bits per heavy atom. The van der Waals surface area contributed by atoms with Gasteiger partial charge in [0.25, 0.3) is 10.1 Å². The number of hydrogen-bond acceptors (Lipinski definition) is 7. The number of para-hydroxylation sites is 1. The van der Waals surface area contributed by atoms with Gasteiger partial charge in [-0.3, -0.25) is 9.35 Å². The van der Waals surface area contributed by atoms with Crippen LogP contribution in [0.25, 0.3) is 0 Å². The first-order chi connectivity index (χ1) is 16.1. The lowest BCUT2D eigenvalue weighted by molar-refractivity contribution is -0.140. The lowest BCUT2D eigenvalue weighted by Gasteiger charge is -2.23. The van der Waals surface area contributed by atoms with Crippen LogP contribution in [0.5, 0.6) is 11.5 Å². The summed E-state index contributed by atoms with van der Waals surface area (Å²) < 4.78 is 41.9. The minimum atomic E-state index is -4.38. The largest absolute Gasteiger partial charge is 0.464 e. The minimum Gasteiger partial charge on any atom is -0.464 e. The standard InChI is InChI=1S/C13H19NO2.C12H11NO4S/c1-4-14(8-9-16-12(3)15)13-7-5-6-11(2)10-13;13-9-6-7-11(12(8-9)18(14,15)16)17-10-4-2-1-3-5-10/h5-7,10H,4,8-9H2,1-3H3;1-8H,13H2,(H,14,15,16). The van der Waals surface area contributed by atoms with Gasteiger partial charge in [-0.05, 0) is 61.9 Å². The fourth-order valence-corrected chi connectivity index (χ4v) is 3.67. The number of nitrogen functional groups attached to an aromatic ring is 1. The quantitative estimate of drug-likeness (QED) is 0.267. The summed E-state index contributed by atoms with van der Waals surface area (Å²) in [7, 11) is -4.38. The maximum atomic E-state index is 11.2. The number of esters is 1. The van der Waals surface area contributed by atoms with E-state index in [1.54, 1.807) is 30.3 Å². The molecule has 0 aliphatic heterocycles. The fourth-order valence-electron chi connectivity index (χ4n) is 3.02. The van der Waals surface area contributed by atoms with E-state index in [0.717, 1.165) is 19.2 Å². The van der Waals surface area contributed by atoms with Crippen molar-refractivity contribution < 1.29 is 27.2 Å². The number of carbonyl (C=O) groups is 1. The molecule has 182 valence electrons. The van der Waals surface area contributed by atoms with Gasteiger partial charge in [0.2, 0.25) is 0 Å². The molecule has 3 rings (SSSR count). The highest BCUT2D eigenvalue weighted by atomic mass is 32.2. The second-order valence-electron chi connectivity index (χ2n) is 7.36. The summed E-state index contributed by atoms with van der Waals surface area (Å²) in [5.41, 5.74) is 8.13. The summed E-state index contributed by atoms with van der Waals surface area (Å²) in [5.74, 6) is 0.269. The third kappa shape index (κ3) is 8.76. The van der Waals surface area contributed by atoms with Crippen LogP contribution in [-0.2, 0) is 19.6 Å². The molecule has 0 bridgehead atoms. The lowest BCUT2D eigenvalue weighted by atomic mass is 10.2. The van der Waals surface area contributed by atoms with Gasteiger partial charge < -0.3 is 20.1 Å². The van der Waals surface area contributed by atoms with Crippen LogP contribution in [0.2, 0.25) is 0 Å². The van der Waals surface area contributed by atoms with Gasteiger partial charge in [-0.2, -0.15) is 8.42 Å². The first kappa shape index (κ1) is 26.7. The number of benzene rings is 3. The molecular weight excluding hydrogens is 456 g/mol. The molecule has 0 aliphatic rings. The summed E-state index contributed by atoms with van der Waals surface area (Å²) in [6, 6.07) is 21.0. The minimum absolute atomic E-state index is 0.0258. The molecule has 0 radical (unpaired) electrons. The first-order valence-electron chi connectivity index (χ1n) is 10.6. The van der Waals surface area contributed by atoms with Gasteiger partial charge in [0, 0.05) is 24.8 Å². The number of ether oxygens (including phenoxy) is 2. The molecule has 3 aromatic carbocycles. The zero-order chi connectivity index (χ0) is 25.1. The molecule has 0 atom stereocenters. The highest BCUT2D eigenvalue weighted by Gasteiger charge is 2.17. The van der Waals surface area contributed by atoms with Crippen LogP contribution in [0.1, 0.15) is 19.4 Å². The predicted octanol–water partition coefficient (Wildman–Crippen LogP) is 4.69. The monoisotopic (exact) mass is 486 g/mol. The summed E-state index contributed by atoms with van der Waals surface area (Å²) in [4.78, 5) is 12.5. The van der Waals surface area contributed by atoms with Gasteiger partial charge in [0.05, 0.1) is 6.54 Å². The first-order valence-corrected chi connectivity index (χ1v) is 12.1. The second kappa shape index (κ2) is 12.6. The predicted molar refractivity (Wildman–Crippen MR) is 133 cm³/mol. The molecule has 0 unspecified atom stereocenters. The third-order valence-corrected chi connectivity index (χ3v) is 5.51. The number of hydrogen-bond donors (Lipinski definition) is 2. The van der Waals surface area contributed by atoms with Gasteiger partial charge in [-0.1, -0.05) is 30.3 Å². The summed E-state index contributed by atoms with van der Waals surface area (Å²) in [5, 5.41) is 0. The van der Waals surface area contributed by atoms with Crippen LogP contribution in [-0.4, -0.2) is 38.6 Å². The number of rotatable bonds is 8. The van der Waals surface area contributed by atoms with E-state index < -0.39 is 10.1 Å². The van der Waals surface area contributed by atoms with E-state index in [1.165, 1.54) is 30.3 Å². The van der Waals surface area contributed by atoms with Gasteiger partial charge in [-0.25, -0.2) is 0 Å². The molecule has 0 saturated carbocycles. The molecule has 3 aromatic rings. The Balaban J connectivity index is 0.000000242. The molecular formula is C25H30N2O6S. The molecule has 0 heterocycles. The third-order valence-electron chi connectivity index (χ3n) is 4.63. The Kier molecular flexibility index (Phi) is 9.91. The van der Waals surface area contributed by atoms with E-state index in [9.17, 15) is 13.2 Å². The van der Waals surface area contributed by atoms with E-state index >= 15 is 0 Å². The molecule has 0 aromatic heterocycles. The maximum Gasteiger partial charge on any atom is 0.302 e. The molecule has 3 N–H and O–H groups in total. The Labute approximate surface area is 200 Å². The molecule has 34 heavy (non-hydrogen) atoms. The average Bonchev–Trinajstić information content (AvgIpc) is 2.78. The number of likely N-dealkylation sites (N-methyl/N-ethyl adjacent to an activating group) is 1. The molecule has 0 amide bonds. The smallest absolute Gasteiger partial charge is 0.302 e. The highest BCUT2D eigenvalue weighted by Crippen LogP contribution is 2.30. The van der Waals surface area contributed by atoms with Crippen molar-refractivity contribution in [3.8, 4) is 11.5 Å². The van der Waals surface area contributed by atoms with Crippen molar-refractivity contribution in [2.24, 2.45) is 0 Å². The van der Waals surface area contributed by atoms with Crippen molar-refractivity contribution in [2.45, 2.75) is 25.7 Å². The Morgan fingerprint density at radius 2 is 1.74 bits per heavy atom. The van der Waals surface area contributed by atoms with Crippen LogP contribution in [0.3, 0.4) is 0 Å². The maximum absolute atomic E-state index is 11.2. The van der Waals surface area contributed by atoms with E-state index in [2.05, 4.69) is 36.9 Å². The Morgan fingerprint density at radius 1 is 1.03 bits per heavy atom. The van der Waals surface area contributed by atoms with Gasteiger partial charge >= 0.3 is 5.97 Å². The van der Waals surface area contributed by atoms with E-state index in [4.69, 9.17) is 19.8 Å². The number of nitrogens with two attached hydrogens (primary N) is 1. The van der Waals surface area contributed by atoms with E-state index in [-0.39, 0.29) is 22.3 Å². The zero-order valence-electron chi connectivity index (χ0n) is 19.5. The van der Waals surface area contributed by atoms with Crippen molar-refractivity contribution in [1.29, 1.82) is 0 Å². The van der Waals surface area contributed by atoms with Gasteiger partial charge in [0.1, 0.15) is 23.0 Å². The van der Waals surface area contributed by atoms with Crippen LogP contribution >= 0.6 is 0 Å². The van der Waals surface area contributed by atoms with Crippen LogP contribution < -0.4 is 15.4 Å². The molecule has 0 fully saturated rings. The van der Waals surface area contributed by atoms with Crippen molar-refractivity contribution in [2.75, 3.05) is 30.3 Å². The summed E-state index contributed by atoms with van der Waals surface area (Å²) >= 11 is 0. The molecule has 9 heteroatoms. The molecule has 0 spiro atoms. The second-order valence-corrected chi connectivity index (χ2v) is 8.75. The van der Waals surface area contributed by atoms with Gasteiger partial charge in [0.15, 0.2) is 0 Å². The van der Waals surface area contributed by atoms with Gasteiger partial charge in [-0.15, -0.1) is 0 Å². The van der Waals surface area contributed by atoms with Crippen molar-refractivity contribution in [3.05, 3.63) is 78.4 Å². The van der Waals surface area contributed by atoms with E-state index in [0.29, 0.717) is 12.4 Å². The number of carbonyl (C=O) groups excluding carboxylic acids is 1. The average molecular weight is 487 g/mol.